The fourth-order valence-electron chi connectivity index (χ4n) is 0.660. The summed E-state index contributed by atoms with van der Waals surface area (Å²) in [4.78, 5) is 0. The van der Waals surface area contributed by atoms with Gasteiger partial charge in [0.15, 0.2) is 0 Å². The van der Waals surface area contributed by atoms with Gasteiger partial charge < -0.3 is 11.1 Å². The van der Waals surface area contributed by atoms with Crippen LogP contribution in [0.2, 0.25) is 0 Å². The quantitative estimate of drug-likeness (QED) is 0.621. The van der Waals surface area contributed by atoms with Crippen LogP contribution in [-0.2, 0) is 0 Å². The fourth-order valence-corrected chi connectivity index (χ4v) is 0.660. The van der Waals surface area contributed by atoms with E-state index in [0.29, 0.717) is 18.2 Å². The number of anilines is 2. The Hall–Kier alpha value is -1.76. The van der Waals surface area contributed by atoms with Crippen molar-refractivity contribution in [1.29, 1.82) is 0 Å². The molecular weight excluding hydrogens is 152 g/mol. The van der Waals surface area contributed by atoms with E-state index >= 15 is 0 Å². The number of aromatic nitrogens is 2. The van der Waals surface area contributed by atoms with E-state index in [1.54, 1.807) is 19.1 Å². The van der Waals surface area contributed by atoms with Crippen molar-refractivity contribution in [2.45, 2.75) is 6.92 Å². The highest BCUT2D eigenvalue weighted by atomic mass is 15.2. The molecule has 0 atom stereocenters. The van der Waals surface area contributed by atoms with Crippen LogP contribution in [0.3, 0.4) is 0 Å². The van der Waals surface area contributed by atoms with E-state index in [1.165, 1.54) is 0 Å². The summed E-state index contributed by atoms with van der Waals surface area (Å²) in [5, 5.41) is 10.4. The Bertz CT molecular complexity index is 293. The monoisotopic (exact) mass is 162 g/mol. The van der Waals surface area contributed by atoms with Gasteiger partial charge in [0.05, 0.1) is 6.54 Å². The van der Waals surface area contributed by atoms with Gasteiger partial charge in [-0.15, -0.1) is 16.1 Å². The molecule has 0 spiro atoms. The van der Waals surface area contributed by atoms with Crippen LogP contribution in [0, 0.1) is 11.8 Å². The van der Waals surface area contributed by atoms with E-state index in [9.17, 15) is 0 Å². The van der Waals surface area contributed by atoms with E-state index in [2.05, 4.69) is 27.4 Å². The van der Waals surface area contributed by atoms with Gasteiger partial charge in [-0.05, 0) is 19.1 Å². The maximum atomic E-state index is 5.35. The van der Waals surface area contributed by atoms with Crippen molar-refractivity contribution in [2.75, 3.05) is 17.6 Å². The fraction of sp³-hybridized carbons (Fsp3) is 0.250. The summed E-state index contributed by atoms with van der Waals surface area (Å²) in [6, 6.07) is 3.45. The summed E-state index contributed by atoms with van der Waals surface area (Å²) in [7, 11) is 0. The van der Waals surface area contributed by atoms with Crippen LogP contribution in [0.15, 0.2) is 12.1 Å². The Kier molecular flexibility index (Phi) is 2.91. The molecule has 0 aliphatic heterocycles. The molecule has 4 nitrogen and oxygen atoms in total. The Morgan fingerprint density at radius 1 is 1.50 bits per heavy atom. The molecule has 0 saturated heterocycles. The zero-order chi connectivity index (χ0) is 8.81. The van der Waals surface area contributed by atoms with Crippen molar-refractivity contribution in [3.8, 4) is 11.8 Å². The molecule has 0 saturated carbocycles. The van der Waals surface area contributed by atoms with E-state index in [0.717, 1.165) is 0 Å². The maximum Gasteiger partial charge on any atom is 0.149 e. The molecule has 0 amide bonds. The van der Waals surface area contributed by atoms with Crippen LogP contribution in [0.5, 0.6) is 0 Å². The lowest BCUT2D eigenvalue weighted by atomic mass is 10.5. The third-order valence-corrected chi connectivity index (χ3v) is 1.22. The van der Waals surface area contributed by atoms with E-state index in [1.807, 2.05) is 0 Å². The summed E-state index contributed by atoms with van der Waals surface area (Å²) in [6.45, 7) is 2.37. The minimum absolute atomic E-state index is 0.419. The van der Waals surface area contributed by atoms with Gasteiger partial charge in [-0.25, -0.2) is 0 Å². The summed E-state index contributed by atoms with van der Waals surface area (Å²) in [6.07, 6.45) is 0. The van der Waals surface area contributed by atoms with Crippen LogP contribution < -0.4 is 11.1 Å². The second-order valence-electron chi connectivity index (χ2n) is 2.12. The average Bonchev–Trinajstić information content (AvgIpc) is 2.09. The first-order chi connectivity index (χ1) is 5.83. The smallest absolute Gasteiger partial charge is 0.149 e. The van der Waals surface area contributed by atoms with Gasteiger partial charge in [0.1, 0.15) is 11.6 Å². The lowest BCUT2D eigenvalue weighted by Gasteiger charge is -1.98. The lowest BCUT2D eigenvalue weighted by Crippen LogP contribution is -2.02. The Morgan fingerprint density at radius 2 is 2.33 bits per heavy atom. The molecule has 0 radical (unpaired) electrons. The number of nitrogens with zero attached hydrogens (tertiary/aromatic N) is 2. The Morgan fingerprint density at radius 3 is 2.92 bits per heavy atom. The molecule has 0 fully saturated rings. The molecule has 3 N–H and O–H groups in total. The molecule has 0 aromatic carbocycles. The van der Waals surface area contributed by atoms with Gasteiger partial charge in [0.25, 0.3) is 0 Å². The number of hydrogen-bond donors (Lipinski definition) is 2. The molecule has 1 heterocycles. The minimum atomic E-state index is 0.419. The highest BCUT2D eigenvalue weighted by Crippen LogP contribution is 2.00. The standard InChI is InChI=1S/C8H10N4/c1-2-3-6-10-8-5-4-7(9)11-12-8/h4-5H,6H2,1H3,(H2,9,11)(H,10,12). The van der Waals surface area contributed by atoms with Gasteiger partial charge in [0.2, 0.25) is 0 Å². The van der Waals surface area contributed by atoms with Crippen LogP contribution in [-0.4, -0.2) is 16.7 Å². The number of nitrogens with one attached hydrogen (secondary N) is 1. The van der Waals surface area contributed by atoms with Crippen LogP contribution in [0.25, 0.3) is 0 Å². The van der Waals surface area contributed by atoms with Gasteiger partial charge in [-0.2, -0.15) is 0 Å². The van der Waals surface area contributed by atoms with Gasteiger partial charge >= 0.3 is 0 Å². The van der Waals surface area contributed by atoms with Gasteiger partial charge in [-0.3, -0.25) is 0 Å². The Balaban J connectivity index is 2.51. The molecule has 12 heavy (non-hydrogen) atoms. The molecule has 1 aromatic rings. The molecular formula is C8H10N4. The summed E-state index contributed by atoms with van der Waals surface area (Å²) >= 11 is 0. The van der Waals surface area contributed by atoms with Gasteiger partial charge in [-0.1, -0.05) is 5.92 Å². The maximum absolute atomic E-state index is 5.35. The van der Waals surface area contributed by atoms with E-state index < -0.39 is 0 Å². The number of hydrogen-bond acceptors (Lipinski definition) is 4. The van der Waals surface area contributed by atoms with Crippen molar-refractivity contribution >= 4 is 11.6 Å². The summed E-state index contributed by atoms with van der Waals surface area (Å²) in [5.41, 5.74) is 5.35. The molecule has 0 unspecified atom stereocenters. The second-order valence-corrected chi connectivity index (χ2v) is 2.12. The normalized spacial score (nSPS) is 8.42. The zero-order valence-corrected chi connectivity index (χ0v) is 6.83. The summed E-state index contributed by atoms with van der Waals surface area (Å²) < 4.78 is 0. The zero-order valence-electron chi connectivity index (χ0n) is 6.83. The SMILES string of the molecule is CC#CCNc1ccc(N)nn1. The third kappa shape index (κ3) is 2.46. The Labute approximate surface area is 71.2 Å². The number of rotatable bonds is 2. The van der Waals surface area contributed by atoms with Crippen LogP contribution >= 0.6 is 0 Å². The third-order valence-electron chi connectivity index (χ3n) is 1.22. The predicted octanol–water partition coefficient (Wildman–Crippen LogP) is 0.494. The molecule has 1 aromatic heterocycles. The lowest BCUT2D eigenvalue weighted by molar-refractivity contribution is 1.03. The van der Waals surface area contributed by atoms with Crippen molar-refractivity contribution in [1.82, 2.24) is 10.2 Å². The van der Waals surface area contributed by atoms with Crippen molar-refractivity contribution in [3.05, 3.63) is 12.1 Å². The first-order valence-electron chi connectivity index (χ1n) is 3.55. The highest BCUT2D eigenvalue weighted by molar-refractivity contribution is 5.39. The van der Waals surface area contributed by atoms with Crippen molar-refractivity contribution in [3.63, 3.8) is 0 Å². The van der Waals surface area contributed by atoms with Crippen molar-refractivity contribution < 1.29 is 0 Å². The average molecular weight is 162 g/mol. The first-order valence-corrected chi connectivity index (χ1v) is 3.55. The molecule has 0 bridgehead atoms. The molecule has 1 rings (SSSR count). The van der Waals surface area contributed by atoms with E-state index in [4.69, 9.17) is 5.73 Å². The topological polar surface area (TPSA) is 63.8 Å². The van der Waals surface area contributed by atoms with E-state index in [-0.39, 0.29) is 0 Å². The second kappa shape index (κ2) is 4.19. The molecule has 0 aliphatic rings. The highest BCUT2D eigenvalue weighted by Gasteiger charge is 1.90. The number of nitrogens with two attached hydrogens (primary N) is 1. The van der Waals surface area contributed by atoms with Gasteiger partial charge in [0, 0.05) is 0 Å². The molecule has 0 aliphatic carbocycles. The number of nitrogen functional groups attached to an aromatic ring is 1. The largest absolute Gasteiger partial charge is 0.382 e. The molecule has 4 heteroatoms. The first kappa shape index (κ1) is 8.34. The molecule has 62 valence electrons. The minimum Gasteiger partial charge on any atom is -0.382 e. The van der Waals surface area contributed by atoms with Crippen LogP contribution in [0.1, 0.15) is 6.92 Å². The van der Waals surface area contributed by atoms with Crippen LogP contribution in [0.4, 0.5) is 11.6 Å². The predicted molar refractivity (Wildman–Crippen MR) is 48.4 cm³/mol. The van der Waals surface area contributed by atoms with Crippen molar-refractivity contribution in [2.24, 2.45) is 0 Å². The summed E-state index contributed by atoms with van der Waals surface area (Å²) in [5.74, 6) is 6.72.